The topological polar surface area (TPSA) is 35.6 Å². The number of thiophene rings is 1. The fourth-order valence-electron chi connectivity index (χ4n) is 3.40. The number of amides is 1. The molecule has 2 fully saturated rings. The predicted molar refractivity (Wildman–Crippen MR) is 86.4 cm³/mol. The summed E-state index contributed by atoms with van der Waals surface area (Å²) in [5, 5.41) is 5.52. The molecule has 2 aliphatic heterocycles. The van der Waals surface area contributed by atoms with Gasteiger partial charge in [0.05, 0.1) is 5.92 Å². The van der Waals surface area contributed by atoms with Gasteiger partial charge in [-0.3, -0.25) is 9.69 Å². The molecule has 3 rings (SSSR count). The van der Waals surface area contributed by atoms with Gasteiger partial charge in [0.25, 0.3) is 0 Å². The number of carbonyl (C=O) groups is 1. The molecule has 2 saturated heterocycles. The van der Waals surface area contributed by atoms with E-state index in [-0.39, 0.29) is 5.92 Å². The molecule has 0 spiro atoms. The van der Waals surface area contributed by atoms with Crippen LogP contribution in [0.25, 0.3) is 0 Å². The summed E-state index contributed by atoms with van der Waals surface area (Å²) in [5.41, 5.74) is 0. The highest BCUT2D eigenvalue weighted by molar-refractivity contribution is 7.09. The summed E-state index contributed by atoms with van der Waals surface area (Å²) in [7, 11) is 0. The van der Waals surface area contributed by atoms with Crippen LogP contribution in [0.1, 0.15) is 24.6 Å². The first kappa shape index (κ1) is 15.0. The Balaban J connectivity index is 1.54. The van der Waals surface area contributed by atoms with E-state index < -0.39 is 0 Å². The molecule has 2 atom stereocenters. The summed E-state index contributed by atoms with van der Waals surface area (Å²) in [6, 6.07) is 4.65. The summed E-state index contributed by atoms with van der Waals surface area (Å²) in [6.45, 7) is 8.04. The van der Waals surface area contributed by atoms with Crippen molar-refractivity contribution in [3.8, 4) is 0 Å². The normalized spacial score (nSPS) is 27.8. The van der Waals surface area contributed by atoms with Crippen molar-refractivity contribution in [3.63, 3.8) is 0 Å². The Kier molecular flexibility index (Phi) is 4.93. The minimum atomic E-state index is 0.189. The van der Waals surface area contributed by atoms with E-state index in [0.29, 0.717) is 11.9 Å². The van der Waals surface area contributed by atoms with Crippen LogP contribution in [0.2, 0.25) is 0 Å². The Hall–Kier alpha value is -0.910. The van der Waals surface area contributed by atoms with Crippen LogP contribution in [-0.2, 0) is 11.3 Å². The lowest BCUT2D eigenvalue weighted by Gasteiger charge is -2.26. The highest BCUT2D eigenvalue weighted by atomic mass is 32.1. The standard InChI is InChI=1S/C16H25N3OS/c1-13-15(5-6-17-13)16(20)19-8-3-7-18(9-10-19)12-14-4-2-11-21-14/h2,4,11,13,15,17H,3,5-10,12H2,1H3. The maximum absolute atomic E-state index is 12.7. The van der Waals surface area contributed by atoms with E-state index in [1.165, 1.54) is 4.88 Å². The molecule has 21 heavy (non-hydrogen) atoms. The second-order valence-electron chi connectivity index (χ2n) is 6.17. The number of rotatable bonds is 3. The summed E-state index contributed by atoms with van der Waals surface area (Å²) in [5.74, 6) is 0.555. The quantitative estimate of drug-likeness (QED) is 0.924. The van der Waals surface area contributed by atoms with Crippen LogP contribution in [0.5, 0.6) is 0 Å². The largest absolute Gasteiger partial charge is 0.341 e. The Labute approximate surface area is 131 Å². The molecule has 5 heteroatoms. The number of hydrogen-bond acceptors (Lipinski definition) is 4. The average molecular weight is 307 g/mol. The van der Waals surface area contributed by atoms with Gasteiger partial charge in [-0.05, 0) is 37.8 Å². The molecule has 3 heterocycles. The van der Waals surface area contributed by atoms with Crippen LogP contribution < -0.4 is 5.32 Å². The molecule has 0 bridgehead atoms. The van der Waals surface area contributed by atoms with E-state index >= 15 is 0 Å². The van der Waals surface area contributed by atoms with Gasteiger partial charge in [-0.25, -0.2) is 0 Å². The molecule has 0 radical (unpaired) electrons. The molecule has 1 aromatic heterocycles. The molecule has 0 saturated carbocycles. The van der Waals surface area contributed by atoms with Gasteiger partial charge in [0.15, 0.2) is 0 Å². The van der Waals surface area contributed by atoms with Crippen molar-refractivity contribution in [2.75, 3.05) is 32.7 Å². The Morgan fingerprint density at radius 1 is 1.38 bits per heavy atom. The lowest BCUT2D eigenvalue weighted by atomic mass is 10.0. The van der Waals surface area contributed by atoms with Crippen LogP contribution in [0.15, 0.2) is 17.5 Å². The maximum Gasteiger partial charge on any atom is 0.227 e. The van der Waals surface area contributed by atoms with Gasteiger partial charge >= 0.3 is 0 Å². The highest BCUT2D eigenvalue weighted by Crippen LogP contribution is 2.20. The number of nitrogens with one attached hydrogen (secondary N) is 1. The molecular formula is C16H25N3OS. The second-order valence-corrected chi connectivity index (χ2v) is 7.20. The lowest BCUT2D eigenvalue weighted by molar-refractivity contribution is -0.135. The fourth-order valence-corrected chi connectivity index (χ4v) is 4.15. The Morgan fingerprint density at radius 3 is 3.00 bits per heavy atom. The summed E-state index contributed by atoms with van der Waals surface area (Å²) >= 11 is 1.82. The fraction of sp³-hybridized carbons (Fsp3) is 0.688. The first-order chi connectivity index (χ1) is 10.2. The van der Waals surface area contributed by atoms with Crippen molar-refractivity contribution in [1.82, 2.24) is 15.1 Å². The van der Waals surface area contributed by atoms with Crippen molar-refractivity contribution < 1.29 is 4.79 Å². The smallest absolute Gasteiger partial charge is 0.227 e. The third-order valence-corrected chi connectivity index (χ3v) is 5.56. The summed E-state index contributed by atoms with van der Waals surface area (Å²) < 4.78 is 0. The van der Waals surface area contributed by atoms with Crippen molar-refractivity contribution in [2.45, 2.75) is 32.4 Å². The van der Waals surface area contributed by atoms with Crippen LogP contribution in [-0.4, -0.2) is 54.5 Å². The first-order valence-corrected chi connectivity index (χ1v) is 8.89. The van der Waals surface area contributed by atoms with Crippen LogP contribution >= 0.6 is 11.3 Å². The number of carbonyl (C=O) groups excluding carboxylic acids is 1. The maximum atomic E-state index is 12.7. The minimum absolute atomic E-state index is 0.189. The van der Waals surface area contributed by atoms with E-state index in [1.807, 2.05) is 11.3 Å². The van der Waals surface area contributed by atoms with Gasteiger partial charge < -0.3 is 10.2 Å². The first-order valence-electron chi connectivity index (χ1n) is 8.01. The lowest BCUT2D eigenvalue weighted by Crippen LogP contribution is -2.42. The highest BCUT2D eigenvalue weighted by Gasteiger charge is 2.33. The summed E-state index contributed by atoms with van der Waals surface area (Å²) in [4.78, 5) is 18.7. The van der Waals surface area contributed by atoms with Crippen LogP contribution in [0.4, 0.5) is 0 Å². The zero-order chi connectivity index (χ0) is 14.7. The van der Waals surface area contributed by atoms with Crippen LogP contribution in [0.3, 0.4) is 0 Å². The molecule has 2 aliphatic rings. The second kappa shape index (κ2) is 6.90. The van der Waals surface area contributed by atoms with Crippen molar-refractivity contribution in [1.29, 1.82) is 0 Å². The van der Waals surface area contributed by atoms with Gasteiger partial charge in [0.1, 0.15) is 0 Å². The third kappa shape index (κ3) is 3.65. The SMILES string of the molecule is CC1NCCC1C(=O)N1CCCN(Cc2cccs2)CC1. The van der Waals surface area contributed by atoms with Crippen molar-refractivity contribution in [2.24, 2.45) is 5.92 Å². The minimum Gasteiger partial charge on any atom is -0.341 e. The Bertz CT molecular complexity index is 462. The van der Waals surface area contributed by atoms with E-state index in [2.05, 4.69) is 39.6 Å². The van der Waals surface area contributed by atoms with E-state index in [4.69, 9.17) is 0 Å². The molecule has 4 nitrogen and oxygen atoms in total. The van der Waals surface area contributed by atoms with Gasteiger partial charge in [0.2, 0.25) is 5.91 Å². The van der Waals surface area contributed by atoms with Gasteiger partial charge in [-0.1, -0.05) is 6.07 Å². The van der Waals surface area contributed by atoms with Crippen molar-refractivity contribution in [3.05, 3.63) is 22.4 Å². The Morgan fingerprint density at radius 2 is 2.29 bits per heavy atom. The zero-order valence-electron chi connectivity index (χ0n) is 12.8. The van der Waals surface area contributed by atoms with Gasteiger partial charge in [-0.15, -0.1) is 11.3 Å². The summed E-state index contributed by atoms with van der Waals surface area (Å²) in [6.07, 6.45) is 2.08. The molecule has 116 valence electrons. The van der Waals surface area contributed by atoms with E-state index in [1.54, 1.807) is 0 Å². The van der Waals surface area contributed by atoms with Crippen LogP contribution in [0, 0.1) is 5.92 Å². The van der Waals surface area contributed by atoms with Gasteiger partial charge in [0, 0.05) is 43.6 Å². The molecular weight excluding hydrogens is 282 g/mol. The predicted octanol–water partition coefficient (Wildman–Crippen LogP) is 1.78. The molecule has 1 amide bonds. The molecule has 1 aromatic rings. The van der Waals surface area contributed by atoms with Crippen molar-refractivity contribution >= 4 is 17.2 Å². The van der Waals surface area contributed by atoms with E-state index in [0.717, 1.165) is 52.1 Å². The number of nitrogens with zero attached hydrogens (tertiary/aromatic N) is 2. The van der Waals surface area contributed by atoms with Gasteiger partial charge in [-0.2, -0.15) is 0 Å². The monoisotopic (exact) mass is 307 g/mol. The molecule has 0 aliphatic carbocycles. The molecule has 0 aromatic carbocycles. The molecule has 1 N–H and O–H groups in total. The van der Waals surface area contributed by atoms with E-state index in [9.17, 15) is 4.79 Å². The average Bonchev–Trinajstić information content (AvgIpc) is 3.07. The number of hydrogen-bond donors (Lipinski definition) is 1. The zero-order valence-corrected chi connectivity index (χ0v) is 13.6. The molecule has 2 unspecified atom stereocenters. The third-order valence-electron chi connectivity index (χ3n) is 4.70.